The summed E-state index contributed by atoms with van der Waals surface area (Å²) in [5.41, 5.74) is 3.19. The summed E-state index contributed by atoms with van der Waals surface area (Å²) in [6.07, 6.45) is 5.20. The predicted molar refractivity (Wildman–Crippen MR) is 123 cm³/mol. The van der Waals surface area contributed by atoms with Crippen molar-refractivity contribution in [3.63, 3.8) is 0 Å². The van der Waals surface area contributed by atoms with Gasteiger partial charge in [-0.3, -0.25) is 4.79 Å². The van der Waals surface area contributed by atoms with Gasteiger partial charge in [-0.25, -0.2) is 9.67 Å². The summed E-state index contributed by atoms with van der Waals surface area (Å²) in [6.45, 7) is 1.23. The molecule has 3 aromatic heterocycles. The number of likely N-dealkylation sites (N-methyl/N-ethyl adjacent to an activating group) is 1. The molecule has 1 N–H and O–H groups in total. The zero-order valence-electron chi connectivity index (χ0n) is 18.8. The lowest BCUT2D eigenvalue weighted by Crippen LogP contribution is -2.35. The van der Waals surface area contributed by atoms with Crippen molar-refractivity contribution in [2.75, 3.05) is 20.2 Å². The Morgan fingerprint density at radius 2 is 1.97 bits per heavy atom. The Bertz CT molecular complexity index is 1370. The molecule has 1 aromatic carbocycles. The Hall–Kier alpha value is -3.56. The van der Waals surface area contributed by atoms with E-state index in [2.05, 4.69) is 10.3 Å². The van der Waals surface area contributed by atoms with Gasteiger partial charge in [0.05, 0.1) is 17.4 Å². The van der Waals surface area contributed by atoms with E-state index in [9.17, 15) is 9.90 Å². The van der Waals surface area contributed by atoms with E-state index < -0.39 is 5.60 Å². The first kappa shape index (κ1) is 21.0. The normalized spacial score (nSPS) is 23.2. The molecule has 0 aliphatic carbocycles. The average Bonchev–Trinajstić information content (AvgIpc) is 3.60. The Kier molecular flexibility index (Phi) is 4.96. The van der Waals surface area contributed by atoms with Gasteiger partial charge in [0, 0.05) is 43.8 Å². The van der Waals surface area contributed by atoms with Crippen molar-refractivity contribution < 1.29 is 19.2 Å². The SMILES string of the molecule is CN1CC[C@@](O)(c2cc(-c3cccc(-c4ccc5c(cnn5C5CCCCO5)n4)c3)no2)C1=O. The predicted octanol–water partition coefficient (Wildman–Crippen LogP) is 3.50. The number of likely N-dealkylation sites (tertiary alicyclic amines) is 1. The molecule has 2 aliphatic rings. The summed E-state index contributed by atoms with van der Waals surface area (Å²) in [6, 6.07) is 13.4. The smallest absolute Gasteiger partial charge is 0.262 e. The maximum Gasteiger partial charge on any atom is 0.262 e. The van der Waals surface area contributed by atoms with Crippen molar-refractivity contribution in [2.24, 2.45) is 0 Å². The van der Waals surface area contributed by atoms with Crippen molar-refractivity contribution >= 4 is 16.9 Å². The van der Waals surface area contributed by atoms with Crippen LogP contribution in [-0.2, 0) is 15.1 Å². The van der Waals surface area contributed by atoms with E-state index in [1.807, 2.05) is 41.1 Å². The number of hydrogen-bond acceptors (Lipinski definition) is 7. The van der Waals surface area contributed by atoms with Crippen LogP contribution >= 0.6 is 0 Å². The molecular formula is C25H25N5O4. The highest BCUT2D eigenvalue weighted by Gasteiger charge is 2.48. The lowest BCUT2D eigenvalue weighted by molar-refractivity contribution is -0.144. The van der Waals surface area contributed by atoms with Gasteiger partial charge in [-0.05, 0) is 37.5 Å². The summed E-state index contributed by atoms with van der Waals surface area (Å²) in [5, 5.41) is 19.5. The molecular weight excluding hydrogens is 434 g/mol. The quantitative estimate of drug-likeness (QED) is 0.498. The number of ether oxygens (including phenoxy) is 1. The molecule has 4 aromatic rings. The number of carbonyl (C=O) groups excluding carboxylic acids is 1. The number of aliphatic hydroxyl groups is 1. The first-order valence-electron chi connectivity index (χ1n) is 11.5. The van der Waals surface area contributed by atoms with Crippen LogP contribution in [0.2, 0.25) is 0 Å². The number of hydrogen-bond donors (Lipinski definition) is 1. The van der Waals surface area contributed by atoms with E-state index in [1.54, 1.807) is 19.3 Å². The van der Waals surface area contributed by atoms with Crippen LogP contribution < -0.4 is 0 Å². The van der Waals surface area contributed by atoms with Gasteiger partial charge in [0.15, 0.2) is 12.0 Å². The maximum absolute atomic E-state index is 12.4. The molecule has 174 valence electrons. The van der Waals surface area contributed by atoms with Gasteiger partial charge in [0.2, 0.25) is 5.60 Å². The fourth-order valence-corrected chi connectivity index (χ4v) is 4.77. The third-order valence-electron chi connectivity index (χ3n) is 6.76. The molecule has 1 amide bonds. The Morgan fingerprint density at radius 3 is 2.74 bits per heavy atom. The van der Waals surface area contributed by atoms with Crippen molar-refractivity contribution in [1.29, 1.82) is 0 Å². The van der Waals surface area contributed by atoms with Gasteiger partial charge in [0.1, 0.15) is 11.2 Å². The van der Waals surface area contributed by atoms with E-state index in [0.29, 0.717) is 12.2 Å². The highest BCUT2D eigenvalue weighted by atomic mass is 16.5. The first-order chi connectivity index (χ1) is 16.5. The fourth-order valence-electron chi connectivity index (χ4n) is 4.77. The second-order valence-corrected chi connectivity index (χ2v) is 9.01. The fraction of sp³-hybridized carbons (Fsp3) is 0.360. The number of amides is 1. The van der Waals surface area contributed by atoms with Crippen LogP contribution in [0.25, 0.3) is 33.5 Å². The molecule has 0 bridgehead atoms. The summed E-state index contributed by atoms with van der Waals surface area (Å²) in [5.74, 6) is -0.209. The van der Waals surface area contributed by atoms with Crippen LogP contribution in [0.5, 0.6) is 0 Å². The maximum atomic E-state index is 12.4. The second kappa shape index (κ2) is 8.03. The number of benzene rings is 1. The number of pyridine rings is 1. The van der Waals surface area contributed by atoms with Crippen LogP contribution in [-0.4, -0.2) is 56.0 Å². The summed E-state index contributed by atoms with van der Waals surface area (Å²) in [7, 11) is 1.66. The van der Waals surface area contributed by atoms with Crippen molar-refractivity contribution in [3.05, 3.63) is 54.4 Å². The largest absolute Gasteiger partial charge is 0.373 e. The minimum Gasteiger partial charge on any atom is -0.373 e. The molecule has 5 heterocycles. The van der Waals surface area contributed by atoms with Crippen LogP contribution in [0, 0.1) is 0 Å². The molecule has 2 saturated heterocycles. The monoisotopic (exact) mass is 459 g/mol. The van der Waals surface area contributed by atoms with Gasteiger partial charge < -0.3 is 19.3 Å². The number of fused-ring (bicyclic) bond motifs is 1. The minimum absolute atomic E-state index is 0.0371. The number of rotatable bonds is 4. The van der Waals surface area contributed by atoms with Gasteiger partial charge in [0.25, 0.3) is 5.91 Å². The summed E-state index contributed by atoms with van der Waals surface area (Å²) < 4.78 is 13.2. The Balaban J connectivity index is 1.30. The molecule has 9 nitrogen and oxygen atoms in total. The molecule has 9 heteroatoms. The second-order valence-electron chi connectivity index (χ2n) is 9.01. The van der Waals surface area contributed by atoms with E-state index in [4.69, 9.17) is 14.2 Å². The topological polar surface area (TPSA) is 107 Å². The number of aromatic nitrogens is 4. The molecule has 2 fully saturated rings. The zero-order valence-corrected chi connectivity index (χ0v) is 18.8. The molecule has 0 spiro atoms. The van der Waals surface area contributed by atoms with E-state index in [-0.39, 0.29) is 24.3 Å². The van der Waals surface area contributed by atoms with Crippen LogP contribution in [0.1, 0.15) is 37.7 Å². The van der Waals surface area contributed by atoms with Crippen LogP contribution in [0.4, 0.5) is 0 Å². The molecule has 2 atom stereocenters. The van der Waals surface area contributed by atoms with Gasteiger partial charge >= 0.3 is 0 Å². The number of carbonyl (C=O) groups is 1. The molecule has 2 aliphatic heterocycles. The minimum atomic E-state index is -1.66. The van der Waals surface area contributed by atoms with Gasteiger partial charge in [-0.15, -0.1) is 0 Å². The molecule has 0 radical (unpaired) electrons. The highest BCUT2D eigenvalue weighted by Crippen LogP contribution is 2.35. The zero-order chi connectivity index (χ0) is 23.3. The number of nitrogens with zero attached hydrogens (tertiary/aromatic N) is 5. The average molecular weight is 460 g/mol. The van der Waals surface area contributed by atoms with Crippen LogP contribution in [0.3, 0.4) is 0 Å². The third-order valence-corrected chi connectivity index (χ3v) is 6.76. The van der Waals surface area contributed by atoms with Crippen LogP contribution in [0.15, 0.2) is 53.2 Å². The van der Waals surface area contributed by atoms with Gasteiger partial charge in [-0.1, -0.05) is 23.4 Å². The van der Waals surface area contributed by atoms with Crippen molar-refractivity contribution in [1.82, 2.24) is 24.8 Å². The van der Waals surface area contributed by atoms with Crippen molar-refractivity contribution in [2.45, 2.75) is 37.5 Å². The van der Waals surface area contributed by atoms with E-state index >= 15 is 0 Å². The van der Waals surface area contributed by atoms with Gasteiger partial charge in [-0.2, -0.15) is 5.10 Å². The van der Waals surface area contributed by atoms with E-state index in [0.717, 1.165) is 53.7 Å². The standard InChI is InChI=1S/C25H25N5O4/c1-29-11-10-25(32,24(29)31)22-14-19(28-34-22)17-6-4-5-16(13-17)18-8-9-21-20(27-18)15-26-30(21)23-7-2-3-12-33-23/h4-6,8-9,13-15,23,32H,2-3,7,10-12H2,1H3/t23?,25-/m1/s1. The highest BCUT2D eigenvalue weighted by molar-refractivity contribution is 5.88. The molecule has 6 rings (SSSR count). The molecule has 34 heavy (non-hydrogen) atoms. The Morgan fingerprint density at radius 1 is 1.12 bits per heavy atom. The third kappa shape index (κ3) is 3.39. The Labute approximate surface area is 195 Å². The van der Waals surface area contributed by atoms with Crippen molar-refractivity contribution in [3.8, 4) is 22.5 Å². The molecule has 0 saturated carbocycles. The lowest BCUT2D eigenvalue weighted by atomic mass is 9.97. The summed E-state index contributed by atoms with van der Waals surface area (Å²) in [4.78, 5) is 18.7. The molecule has 1 unspecified atom stereocenters. The summed E-state index contributed by atoms with van der Waals surface area (Å²) >= 11 is 0. The first-order valence-corrected chi connectivity index (χ1v) is 11.5. The lowest BCUT2D eigenvalue weighted by Gasteiger charge is -2.23. The van der Waals surface area contributed by atoms with E-state index in [1.165, 1.54) is 4.90 Å².